The van der Waals surface area contributed by atoms with Gasteiger partial charge < -0.3 is 5.73 Å². The Balaban J connectivity index is 1.79. The molecule has 0 aliphatic heterocycles. The molecule has 0 spiro atoms. The highest BCUT2D eigenvalue weighted by Gasteiger charge is 2.28. The molecule has 2 N–H and O–H groups in total. The van der Waals surface area contributed by atoms with Crippen LogP contribution in [-0.4, -0.2) is 29.5 Å². The van der Waals surface area contributed by atoms with Gasteiger partial charge in [-0.25, -0.2) is 0 Å². The monoisotopic (exact) mass is 205 g/mol. The van der Waals surface area contributed by atoms with E-state index in [1.165, 1.54) is 12.8 Å². The van der Waals surface area contributed by atoms with Crippen LogP contribution in [0.15, 0.2) is 24.4 Å². The zero-order valence-corrected chi connectivity index (χ0v) is 9.26. The predicted octanol–water partition coefficient (Wildman–Crippen LogP) is 1.25. The second kappa shape index (κ2) is 4.73. The Morgan fingerprint density at radius 1 is 1.53 bits per heavy atom. The first-order valence-corrected chi connectivity index (χ1v) is 5.60. The molecule has 0 radical (unpaired) electrons. The van der Waals surface area contributed by atoms with Crippen LogP contribution >= 0.6 is 0 Å². The van der Waals surface area contributed by atoms with Crippen molar-refractivity contribution in [2.24, 2.45) is 11.7 Å². The number of pyridine rings is 1. The maximum absolute atomic E-state index is 6.07. The van der Waals surface area contributed by atoms with Gasteiger partial charge in [-0.05, 0) is 37.9 Å². The van der Waals surface area contributed by atoms with Crippen LogP contribution < -0.4 is 5.73 Å². The number of nitrogens with two attached hydrogens (primary N) is 1. The average molecular weight is 205 g/mol. The minimum absolute atomic E-state index is 0.346. The molecule has 1 aromatic heterocycles. The van der Waals surface area contributed by atoms with Gasteiger partial charge in [-0.2, -0.15) is 0 Å². The Labute approximate surface area is 91.3 Å². The molecule has 1 heterocycles. The van der Waals surface area contributed by atoms with Gasteiger partial charge in [-0.1, -0.05) is 6.07 Å². The van der Waals surface area contributed by atoms with Crippen molar-refractivity contribution in [1.82, 2.24) is 9.88 Å². The van der Waals surface area contributed by atoms with Crippen LogP contribution in [0.3, 0.4) is 0 Å². The maximum Gasteiger partial charge on any atom is 0.0543 e. The number of aromatic nitrogens is 1. The highest BCUT2D eigenvalue weighted by atomic mass is 15.1. The third-order valence-corrected chi connectivity index (χ3v) is 2.91. The van der Waals surface area contributed by atoms with Gasteiger partial charge in [0.2, 0.25) is 0 Å². The lowest BCUT2D eigenvalue weighted by Gasteiger charge is -2.20. The van der Waals surface area contributed by atoms with Gasteiger partial charge >= 0.3 is 0 Å². The van der Waals surface area contributed by atoms with Gasteiger partial charge in [0.05, 0.1) is 5.69 Å². The molecule has 0 bridgehead atoms. The van der Waals surface area contributed by atoms with Crippen molar-refractivity contribution in [2.45, 2.75) is 25.4 Å². The fourth-order valence-electron chi connectivity index (χ4n) is 1.87. The lowest BCUT2D eigenvalue weighted by molar-refractivity contribution is 0.289. The van der Waals surface area contributed by atoms with E-state index in [1.54, 1.807) is 0 Å². The van der Waals surface area contributed by atoms with E-state index in [0.29, 0.717) is 6.04 Å². The summed E-state index contributed by atoms with van der Waals surface area (Å²) in [6.07, 6.45) is 4.47. The Hall–Kier alpha value is -0.930. The molecule has 15 heavy (non-hydrogen) atoms. The third-order valence-electron chi connectivity index (χ3n) is 2.91. The van der Waals surface area contributed by atoms with Crippen LogP contribution in [0.5, 0.6) is 0 Å². The van der Waals surface area contributed by atoms with Crippen molar-refractivity contribution in [3.63, 3.8) is 0 Å². The van der Waals surface area contributed by atoms with Gasteiger partial charge in [0.1, 0.15) is 0 Å². The lowest BCUT2D eigenvalue weighted by atomic mass is 10.2. The minimum Gasteiger partial charge on any atom is -0.326 e. The molecule has 0 aromatic carbocycles. The van der Waals surface area contributed by atoms with Gasteiger partial charge in [-0.15, -0.1) is 0 Å². The predicted molar refractivity (Wildman–Crippen MR) is 61.3 cm³/mol. The van der Waals surface area contributed by atoms with Crippen LogP contribution in [0.4, 0.5) is 0 Å². The molecule has 0 amide bonds. The summed E-state index contributed by atoms with van der Waals surface area (Å²) in [4.78, 5) is 6.56. The van der Waals surface area contributed by atoms with Crippen LogP contribution in [0.25, 0.3) is 0 Å². The summed E-state index contributed by atoms with van der Waals surface area (Å²) in [6, 6.07) is 6.37. The zero-order chi connectivity index (χ0) is 10.7. The van der Waals surface area contributed by atoms with E-state index >= 15 is 0 Å². The van der Waals surface area contributed by atoms with Crippen LogP contribution in [0.2, 0.25) is 0 Å². The van der Waals surface area contributed by atoms with E-state index in [2.05, 4.69) is 23.0 Å². The number of hydrogen-bond donors (Lipinski definition) is 1. The van der Waals surface area contributed by atoms with E-state index in [4.69, 9.17) is 5.73 Å². The molecular formula is C12H19N3. The standard InChI is InChI=1S/C12H19N3/c1-15(9-12(13)10-5-6-10)8-11-4-2-3-7-14-11/h2-4,7,10,12H,5-6,8-9,13H2,1H3. The first-order chi connectivity index (χ1) is 7.25. The minimum atomic E-state index is 0.346. The summed E-state index contributed by atoms with van der Waals surface area (Å²) in [5.74, 6) is 0.774. The zero-order valence-electron chi connectivity index (χ0n) is 9.26. The fraction of sp³-hybridized carbons (Fsp3) is 0.583. The van der Waals surface area contributed by atoms with E-state index < -0.39 is 0 Å². The summed E-state index contributed by atoms with van der Waals surface area (Å²) < 4.78 is 0. The quantitative estimate of drug-likeness (QED) is 0.786. The fourth-order valence-corrected chi connectivity index (χ4v) is 1.87. The third kappa shape index (κ3) is 3.29. The SMILES string of the molecule is CN(Cc1ccccn1)CC(N)C1CC1. The molecule has 1 aliphatic rings. The normalized spacial score (nSPS) is 18.1. The molecule has 3 nitrogen and oxygen atoms in total. The van der Waals surface area contributed by atoms with Gasteiger partial charge in [0, 0.05) is 25.3 Å². The van der Waals surface area contributed by atoms with Crippen molar-refractivity contribution < 1.29 is 0 Å². The Kier molecular flexibility index (Phi) is 3.34. The van der Waals surface area contributed by atoms with E-state index in [1.807, 2.05) is 18.3 Å². The van der Waals surface area contributed by atoms with Crippen LogP contribution in [-0.2, 0) is 6.54 Å². The number of nitrogens with zero attached hydrogens (tertiary/aromatic N) is 2. The summed E-state index contributed by atoms with van der Waals surface area (Å²) in [5, 5.41) is 0. The van der Waals surface area contributed by atoms with Crippen LogP contribution in [0, 0.1) is 5.92 Å². The van der Waals surface area contributed by atoms with Gasteiger partial charge in [-0.3, -0.25) is 9.88 Å². The molecule has 1 aliphatic carbocycles. The molecule has 2 rings (SSSR count). The second-order valence-corrected chi connectivity index (χ2v) is 4.52. The van der Waals surface area contributed by atoms with Crippen molar-refractivity contribution >= 4 is 0 Å². The molecule has 1 unspecified atom stereocenters. The summed E-state index contributed by atoms with van der Waals surface area (Å²) in [7, 11) is 2.11. The summed E-state index contributed by atoms with van der Waals surface area (Å²) in [5.41, 5.74) is 7.19. The van der Waals surface area contributed by atoms with Crippen molar-refractivity contribution in [2.75, 3.05) is 13.6 Å². The highest BCUT2D eigenvalue weighted by molar-refractivity contribution is 5.03. The molecule has 0 saturated heterocycles. The lowest BCUT2D eigenvalue weighted by Crippen LogP contribution is -2.36. The largest absolute Gasteiger partial charge is 0.326 e. The molecule has 1 aromatic rings. The summed E-state index contributed by atoms with van der Waals surface area (Å²) in [6.45, 7) is 1.86. The number of rotatable bonds is 5. The Morgan fingerprint density at radius 3 is 2.93 bits per heavy atom. The Morgan fingerprint density at radius 2 is 2.33 bits per heavy atom. The average Bonchev–Trinajstić information content (AvgIpc) is 3.01. The smallest absolute Gasteiger partial charge is 0.0543 e. The molecule has 1 atom stereocenters. The van der Waals surface area contributed by atoms with Gasteiger partial charge in [0.25, 0.3) is 0 Å². The van der Waals surface area contributed by atoms with Crippen molar-refractivity contribution in [3.8, 4) is 0 Å². The highest BCUT2D eigenvalue weighted by Crippen LogP contribution is 2.31. The Bertz CT molecular complexity index is 295. The van der Waals surface area contributed by atoms with Gasteiger partial charge in [0.15, 0.2) is 0 Å². The van der Waals surface area contributed by atoms with E-state index in [9.17, 15) is 0 Å². The molecule has 1 fully saturated rings. The van der Waals surface area contributed by atoms with E-state index in [0.717, 1.165) is 24.7 Å². The van der Waals surface area contributed by atoms with Crippen molar-refractivity contribution in [1.29, 1.82) is 0 Å². The van der Waals surface area contributed by atoms with E-state index in [-0.39, 0.29) is 0 Å². The first-order valence-electron chi connectivity index (χ1n) is 5.60. The molecule has 1 saturated carbocycles. The van der Waals surface area contributed by atoms with Crippen molar-refractivity contribution in [3.05, 3.63) is 30.1 Å². The number of likely N-dealkylation sites (N-methyl/N-ethyl adjacent to an activating group) is 1. The molecule has 3 heteroatoms. The summed E-state index contributed by atoms with van der Waals surface area (Å²) >= 11 is 0. The topological polar surface area (TPSA) is 42.2 Å². The number of hydrogen-bond acceptors (Lipinski definition) is 3. The second-order valence-electron chi connectivity index (χ2n) is 4.52. The maximum atomic E-state index is 6.07. The molecular weight excluding hydrogens is 186 g/mol. The first kappa shape index (κ1) is 10.6. The molecule has 82 valence electrons. The van der Waals surface area contributed by atoms with Crippen LogP contribution in [0.1, 0.15) is 18.5 Å².